The zero-order valence-electron chi connectivity index (χ0n) is 18.6. The summed E-state index contributed by atoms with van der Waals surface area (Å²) in [6, 6.07) is 0. The summed E-state index contributed by atoms with van der Waals surface area (Å²) in [5.74, 6) is 3.86. The zero-order chi connectivity index (χ0) is 19.5. The number of allylic oxidation sites excluding steroid dienone is 4. The highest BCUT2D eigenvalue weighted by atomic mass is 28.4. The van der Waals surface area contributed by atoms with Crippen molar-refractivity contribution >= 4 is 16.6 Å². The van der Waals surface area contributed by atoms with Gasteiger partial charge in [-0.25, -0.2) is 0 Å². The Balaban J connectivity index is 2.34. The molecule has 0 aromatic heterocycles. The third-order valence-corrected chi connectivity index (χ3v) is 7.46. The highest BCUT2D eigenvalue weighted by molar-refractivity contribution is 6.70. The van der Waals surface area contributed by atoms with Gasteiger partial charge in [-0.05, 0) is 115 Å². The molecule has 0 spiro atoms. The lowest BCUT2D eigenvalue weighted by Crippen LogP contribution is -2.31. The molecule has 2 rings (SSSR count). The zero-order valence-corrected chi connectivity index (χ0v) is 20.6. The topological polar surface area (TPSA) is 18.5 Å². The second kappa shape index (κ2) is 8.68. The van der Waals surface area contributed by atoms with Gasteiger partial charge in [-0.1, -0.05) is 12.8 Å². The minimum Gasteiger partial charge on any atom is -0.548 e. The first-order valence-electron chi connectivity index (χ1n) is 10.8. The molecule has 2 nitrogen and oxygen atoms in total. The maximum absolute atomic E-state index is 6.45. The Bertz CT molecular complexity index is 499. The Hall–Kier alpha value is -0.486. The molecule has 0 amide bonds. The lowest BCUT2D eigenvalue weighted by molar-refractivity contribution is 0.271. The lowest BCUT2D eigenvalue weighted by Gasteiger charge is -2.39. The van der Waals surface area contributed by atoms with Crippen molar-refractivity contribution in [1.29, 1.82) is 0 Å². The smallest absolute Gasteiger partial charge is 0.241 e. The molecule has 0 bridgehead atoms. The van der Waals surface area contributed by atoms with E-state index in [0.717, 1.165) is 0 Å². The SMILES string of the molecule is C/C(O[Si](C)(C)C)=C1/CCCCC1C1CCCC/C1=C(/C)O[Si](C)(C)C. The summed E-state index contributed by atoms with van der Waals surface area (Å²) in [5.41, 5.74) is 3.26. The Kier molecular flexibility index (Phi) is 7.28. The van der Waals surface area contributed by atoms with Gasteiger partial charge in [0.05, 0.1) is 11.5 Å². The second-order valence-corrected chi connectivity index (χ2v) is 19.2. The van der Waals surface area contributed by atoms with E-state index in [9.17, 15) is 0 Å². The quantitative estimate of drug-likeness (QED) is 0.352. The third kappa shape index (κ3) is 6.29. The first kappa shape index (κ1) is 21.8. The van der Waals surface area contributed by atoms with E-state index in [1.165, 1.54) is 62.9 Å². The summed E-state index contributed by atoms with van der Waals surface area (Å²) in [7, 11) is -3.09. The monoisotopic (exact) mass is 394 g/mol. The summed E-state index contributed by atoms with van der Waals surface area (Å²) < 4.78 is 12.9. The van der Waals surface area contributed by atoms with E-state index in [-0.39, 0.29) is 0 Å². The fourth-order valence-electron chi connectivity index (χ4n) is 4.89. The molecule has 0 saturated heterocycles. The van der Waals surface area contributed by atoms with Gasteiger partial charge in [0.25, 0.3) is 0 Å². The van der Waals surface area contributed by atoms with Gasteiger partial charge in [0, 0.05) is 0 Å². The fraction of sp³-hybridized carbons (Fsp3) is 0.818. The van der Waals surface area contributed by atoms with Crippen molar-refractivity contribution in [1.82, 2.24) is 0 Å². The first-order valence-corrected chi connectivity index (χ1v) is 17.6. The standard InChI is InChI=1S/C22H42O2Si2/c1-17(23-25(3,4)5)19-13-9-11-15-21(19)22-16-12-10-14-20(22)18(2)24-26(6,7)8/h21-22H,9-16H2,1-8H3/b19-17+,20-18+. The van der Waals surface area contributed by atoms with Crippen LogP contribution in [0.5, 0.6) is 0 Å². The van der Waals surface area contributed by atoms with Crippen LogP contribution < -0.4 is 0 Å². The van der Waals surface area contributed by atoms with E-state index < -0.39 is 16.6 Å². The predicted molar refractivity (Wildman–Crippen MR) is 118 cm³/mol. The molecule has 2 saturated carbocycles. The molecule has 2 aliphatic carbocycles. The minimum absolute atomic E-state index is 0.676. The number of hydrogen-bond acceptors (Lipinski definition) is 2. The molecule has 0 N–H and O–H groups in total. The van der Waals surface area contributed by atoms with Gasteiger partial charge in [0.15, 0.2) is 0 Å². The molecular weight excluding hydrogens is 352 g/mol. The Labute approximate surface area is 164 Å². The molecular formula is C22H42O2Si2. The molecule has 150 valence electrons. The van der Waals surface area contributed by atoms with Crippen LogP contribution >= 0.6 is 0 Å². The van der Waals surface area contributed by atoms with Crippen molar-refractivity contribution in [3.05, 3.63) is 22.7 Å². The van der Waals surface area contributed by atoms with Crippen LogP contribution in [0.4, 0.5) is 0 Å². The van der Waals surface area contributed by atoms with Crippen LogP contribution in [0, 0.1) is 11.8 Å². The van der Waals surface area contributed by atoms with Crippen molar-refractivity contribution in [3.63, 3.8) is 0 Å². The van der Waals surface area contributed by atoms with Crippen LogP contribution in [0.3, 0.4) is 0 Å². The fourth-order valence-corrected chi connectivity index (χ4v) is 6.99. The Morgan fingerprint density at radius 1 is 0.654 bits per heavy atom. The summed E-state index contributed by atoms with van der Waals surface area (Å²) in [5, 5.41) is 0. The molecule has 2 aliphatic rings. The Morgan fingerprint density at radius 2 is 1.00 bits per heavy atom. The molecule has 0 heterocycles. The summed E-state index contributed by atoms with van der Waals surface area (Å²) in [4.78, 5) is 0. The van der Waals surface area contributed by atoms with Crippen molar-refractivity contribution < 1.29 is 8.85 Å². The van der Waals surface area contributed by atoms with E-state index in [1.54, 1.807) is 11.1 Å². The maximum atomic E-state index is 6.45. The number of rotatable bonds is 5. The molecule has 0 aromatic rings. The maximum Gasteiger partial charge on any atom is 0.241 e. The van der Waals surface area contributed by atoms with Crippen molar-refractivity contribution in [2.75, 3.05) is 0 Å². The molecule has 4 heteroatoms. The molecule has 0 aliphatic heterocycles. The molecule has 26 heavy (non-hydrogen) atoms. The van der Waals surface area contributed by atoms with Crippen LogP contribution in [-0.4, -0.2) is 16.6 Å². The molecule has 2 fully saturated rings. The van der Waals surface area contributed by atoms with Gasteiger partial charge < -0.3 is 8.85 Å². The van der Waals surface area contributed by atoms with Crippen molar-refractivity contribution in [2.45, 2.75) is 104 Å². The van der Waals surface area contributed by atoms with Crippen LogP contribution in [0.2, 0.25) is 39.3 Å². The van der Waals surface area contributed by atoms with Gasteiger partial charge in [0.2, 0.25) is 16.6 Å². The molecule has 0 radical (unpaired) electrons. The normalized spacial score (nSPS) is 29.2. The van der Waals surface area contributed by atoms with Crippen molar-refractivity contribution in [2.24, 2.45) is 11.8 Å². The van der Waals surface area contributed by atoms with Crippen LogP contribution in [0.1, 0.15) is 65.2 Å². The summed E-state index contributed by atoms with van der Waals surface area (Å²) >= 11 is 0. The average Bonchev–Trinajstić information content (AvgIpc) is 2.51. The highest BCUT2D eigenvalue weighted by Gasteiger charge is 2.35. The first-order chi connectivity index (χ1) is 12.0. The Morgan fingerprint density at radius 3 is 1.31 bits per heavy atom. The average molecular weight is 395 g/mol. The van der Waals surface area contributed by atoms with Crippen molar-refractivity contribution in [3.8, 4) is 0 Å². The second-order valence-electron chi connectivity index (χ2n) is 10.3. The summed E-state index contributed by atoms with van der Waals surface area (Å²) in [6.07, 6.45) is 10.5. The van der Waals surface area contributed by atoms with Gasteiger partial charge in [0.1, 0.15) is 0 Å². The van der Waals surface area contributed by atoms with E-state index in [0.29, 0.717) is 11.8 Å². The van der Waals surface area contributed by atoms with Crippen LogP contribution in [0.25, 0.3) is 0 Å². The van der Waals surface area contributed by atoms with E-state index >= 15 is 0 Å². The van der Waals surface area contributed by atoms with Gasteiger partial charge in [-0.3, -0.25) is 0 Å². The van der Waals surface area contributed by atoms with Crippen LogP contribution in [0.15, 0.2) is 22.7 Å². The minimum atomic E-state index is -1.54. The predicted octanol–water partition coefficient (Wildman–Crippen LogP) is 7.62. The van der Waals surface area contributed by atoms with Gasteiger partial charge in [-0.2, -0.15) is 0 Å². The number of hydrogen-bond donors (Lipinski definition) is 0. The van der Waals surface area contributed by atoms with E-state index in [1.807, 2.05) is 0 Å². The lowest BCUT2D eigenvalue weighted by atomic mass is 9.68. The molecule has 0 aromatic carbocycles. The van der Waals surface area contributed by atoms with Crippen LogP contribution in [-0.2, 0) is 8.85 Å². The van der Waals surface area contributed by atoms with Gasteiger partial charge >= 0.3 is 0 Å². The van der Waals surface area contributed by atoms with E-state index in [2.05, 4.69) is 53.1 Å². The third-order valence-electron chi connectivity index (χ3n) is 5.63. The van der Waals surface area contributed by atoms with E-state index in [4.69, 9.17) is 8.85 Å². The molecule has 2 unspecified atom stereocenters. The highest BCUT2D eigenvalue weighted by Crippen LogP contribution is 2.46. The summed E-state index contributed by atoms with van der Waals surface area (Å²) in [6.45, 7) is 18.3. The van der Waals surface area contributed by atoms with Gasteiger partial charge in [-0.15, -0.1) is 0 Å². The largest absolute Gasteiger partial charge is 0.548 e. The molecule has 2 atom stereocenters.